The molecule has 0 aliphatic carbocycles. The average molecular weight is 320 g/mol. The zero-order chi connectivity index (χ0) is 16.8. The molecule has 1 fully saturated rings. The fourth-order valence-electron chi connectivity index (χ4n) is 3.04. The van der Waals surface area contributed by atoms with Gasteiger partial charge in [-0.25, -0.2) is 9.18 Å². The number of fused-ring (bicyclic) bond motifs is 1. The van der Waals surface area contributed by atoms with Crippen molar-refractivity contribution in [2.24, 2.45) is 0 Å². The number of pyridine rings is 1. The molecule has 0 spiro atoms. The number of likely N-dealkylation sites (tertiary alicyclic amines) is 1. The molecule has 1 atom stereocenters. The third kappa shape index (κ3) is 2.75. The maximum Gasteiger partial charge on any atom is 0.411 e. The first-order valence-corrected chi connectivity index (χ1v) is 7.72. The molecule has 0 bridgehead atoms. The van der Waals surface area contributed by atoms with Gasteiger partial charge in [0.2, 0.25) is 0 Å². The van der Waals surface area contributed by atoms with Crippen molar-refractivity contribution in [1.82, 2.24) is 19.5 Å². The number of hydrogen-bond acceptors (Lipinski definition) is 4. The van der Waals surface area contributed by atoms with E-state index in [9.17, 15) is 9.18 Å². The Bertz CT molecular complexity index is 752. The molecule has 1 aliphatic heterocycles. The lowest BCUT2D eigenvalue weighted by atomic mass is 9.98. The molecule has 124 valence electrons. The summed E-state index contributed by atoms with van der Waals surface area (Å²) < 4.78 is 20.7. The summed E-state index contributed by atoms with van der Waals surface area (Å²) in [7, 11) is 0. The molecule has 0 saturated carbocycles. The average Bonchev–Trinajstić information content (AvgIpc) is 3.00. The molecule has 1 aliphatic rings. The third-order valence-corrected chi connectivity index (χ3v) is 4.10. The van der Waals surface area contributed by atoms with Gasteiger partial charge in [0.05, 0.1) is 0 Å². The quantitative estimate of drug-likeness (QED) is 0.810. The summed E-state index contributed by atoms with van der Waals surface area (Å²) in [6.45, 7) is 8.00. The van der Waals surface area contributed by atoms with Gasteiger partial charge in [-0.1, -0.05) is 0 Å². The van der Waals surface area contributed by atoms with Gasteiger partial charge in [-0.15, -0.1) is 10.2 Å². The van der Waals surface area contributed by atoms with Gasteiger partial charge < -0.3 is 4.74 Å². The highest BCUT2D eigenvalue weighted by Gasteiger charge is 2.46. The summed E-state index contributed by atoms with van der Waals surface area (Å²) in [5.74, 6) is 0.180. The number of halogens is 1. The molecule has 23 heavy (non-hydrogen) atoms. The van der Waals surface area contributed by atoms with E-state index in [1.54, 1.807) is 15.4 Å². The zero-order valence-corrected chi connectivity index (χ0v) is 13.8. The fraction of sp³-hybridized carbons (Fsp3) is 0.562. The smallest absolute Gasteiger partial charge is 0.411 e. The highest BCUT2D eigenvalue weighted by Crippen LogP contribution is 2.38. The standard InChI is InChI=1S/C16H21FN4O2/c1-15(2,3)23-14(22)21-9-5-8-16(21,4)13-19-18-12-7-6-11(17)10-20(12)13/h6-7,10H,5,8-9H2,1-4H3. The predicted molar refractivity (Wildman–Crippen MR) is 82.5 cm³/mol. The molecule has 0 aromatic carbocycles. The van der Waals surface area contributed by atoms with Crippen LogP contribution in [0, 0.1) is 5.82 Å². The summed E-state index contributed by atoms with van der Waals surface area (Å²) in [5.41, 5.74) is -0.687. The molecule has 1 saturated heterocycles. The zero-order valence-electron chi connectivity index (χ0n) is 13.8. The van der Waals surface area contributed by atoms with E-state index in [1.807, 2.05) is 27.7 Å². The van der Waals surface area contributed by atoms with Crippen LogP contribution in [0.2, 0.25) is 0 Å². The number of carbonyl (C=O) groups is 1. The van der Waals surface area contributed by atoms with Gasteiger partial charge >= 0.3 is 6.09 Å². The first-order chi connectivity index (χ1) is 10.7. The second-order valence-corrected chi connectivity index (χ2v) is 7.11. The Hall–Kier alpha value is -2.18. The highest BCUT2D eigenvalue weighted by molar-refractivity contribution is 5.70. The van der Waals surface area contributed by atoms with Crippen LogP contribution in [0.5, 0.6) is 0 Å². The van der Waals surface area contributed by atoms with Crippen molar-refractivity contribution in [2.75, 3.05) is 6.54 Å². The van der Waals surface area contributed by atoms with Crippen molar-refractivity contribution in [3.8, 4) is 0 Å². The minimum atomic E-state index is -0.671. The normalized spacial score (nSPS) is 21.9. The van der Waals surface area contributed by atoms with Crippen LogP contribution < -0.4 is 0 Å². The van der Waals surface area contributed by atoms with Crippen LogP contribution in [-0.2, 0) is 10.3 Å². The molecule has 0 N–H and O–H groups in total. The molecule has 3 heterocycles. The molecule has 3 rings (SSSR count). The van der Waals surface area contributed by atoms with Gasteiger partial charge in [0, 0.05) is 12.7 Å². The van der Waals surface area contributed by atoms with Crippen LogP contribution in [0.25, 0.3) is 5.65 Å². The Balaban J connectivity index is 2.01. The number of aromatic nitrogens is 3. The number of nitrogens with zero attached hydrogens (tertiary/aromatic N) is 4. The Morgan fingerprint density at radius 1 is 1.35 bits per heavy atom. The molecule has 7 heteroatoms. The molecular weight excluding hydrogens is 299 g/mol. The Kier molecular flexibility index (Phi) is 3.54. The first kappa shape index (κ1) is 15.7. The van der Waals surface area contributed by atoms with E-state index in [0.717, 1.165) is 12.8 Å². The van der Waals surface area contributed by atoms with Crippen molar-refractivity contribution < 1.29 is 13.9 Å². The van der Waals surface area contributed by atoms with E-state index < -0.39 is 11.1 Å². The SMILES string of the molecule is CC(C)(C)OC(=O)N1CCCC1(C)c1nnc2ccc(F)cn12. The first-order valence-electron chi connectivity index (χ1n) is 7.72. The van der Waals surface area contributed by atoms with E-state index in [-0.39, 0.29) is 11.9 Å². The topological polar surface area (TPSA) is 59.7 Å². The van der Waals surface area contributed by atoms with Gasteiger partial charge in [-0.3, -0.25) is 9.30 Å². The van der Waals surface area contributed by atoms with E-state index in [2.05, 4.69) is 10.2 Å². The predicted octanol–water partition coefficient (Wildman–Crippen LogP) is 3.11. The summed E-state index contributed by atoms with van der Waals surface area (Å²) in [5, 5.41) is 8.30. The van der Waals surface area contributed by atoms with Crippen LogP contribution in [-0.4, -0.2) is 37.7 Å². The second kappa shape index (κ2) is 5.18. The summed E-state index contributed by atoms with van der Waals surface area (Å²) >= 11 is 0. The van der Waals surface area contributed by atoms with Gasteiger partial charge in [0.25, 0.3) is 0 Å². The Morgan fingerprint density at radius 3 is 2.78 bits per heavy atom. The molecule has 1 unspecified atom stereocenters. The van der Waals surface area contributed by atoms with Crippen molar-refractivity contribution in [2.45, 2.75) is 51.7 Å². The maximum atomic E-state index is 13.6. The lowest BCUT2D eigenvalue weighted by Crippen LogP contribution is -2.46. The largest absolute Gasteiger partial charge is 0.444 e. The lowest BCUT2D eigenvalue weighted by molar-refractivity contribution is 0.00838. The van der Waals surface area contributed by atoms with E-state index in [4.69, 9.17) is 4.74 Å². The summed E-state index contributed by atoms with van der Waals surface area (Å²) in [4.78, 5) is 14.2. The van der Waals surface area contributed by atoms with Gasteiger partial charge in [-0.2, -0.15) is 0 Å². The fourth-order valence-corrected chi connectivity index (χ4v) is 3.04. The molecule has 1 amide bonds. The van der Waals surface area contributed by atoms with Crippen LogP contribution in [0.3, 0.4) is 0 Å². The van der Waals surface area contributed by atoms with E-state index in [0.29, 0.717) is 18.0 Å². The molecular formula is C16H21FN4O2. The molecule has 0 radical (unpaired) electrons. The monoisotopic (exact) mass is 320 g/mol. The third-order valence-electron chi connectivity index (χ3n) is 4.10. The van der Waals surface area contributed by atoms with Gasteiger partial charge in [-0.05, 0) is 52.7 Å². The number of carbonyl (C=O) groups excluding carboxylic acids is 1. The van der Waals surface area contributed by atoms with Crippen molar-refractivity contribution >= 4 is 11.7 Å². The van der Waals surface area contributed by atoms with E-state index in [1.165, 1.54) is 12.3 Å². The lowest BCUT2D eigenvalue weighted by Gasteiger charge is -2.35. The summed E-state index contributed by atoms with van der Waals surface area (Å²) in [6, 6.07) is 2.92. The van der Waals surface area contributed by atoms with Crippen LogP contribution >= 0.6 is 0 Å². The minimum Gasteiger partial charge on any atom is -0.444 e. The minimum absolute atomic E-state index is 0.371. The molecule has 2 aromatic heterocycles. The van der Waals surface area contributed by atoms with Crippen molar-refractivity contribution in [1.29, 1.82) is 0 Å². The van der Waals surface area contributed by atoms with Gasteiger partial charge in [0.1, 0.15) is 17.0 Å². The number of hydrogen-bond donors (Lipinski definition) is 0. The van der Waals surface area contributed by atoms with Crippen LogP contribution in [0.4, 0.5) is 9.18 Å². The Labute approximate surface area is 134 Å². The maximum absolute atomic E-state index is 13.6. The second-order valence-electron chi connectivity index (χ2n) is 7.11. The van der Waals surface area contributed by atoms with Crippen molar-refractivity contribution in [3.63, 3.8) is 0 Å². The molecule has 6 nitrogen and oxygen atoms in total. The van der Waals surface area contributed by atoms with E-state index >= 15 is 0 Å². The van der Waals surface area contributed by atoms with Crippen LogP contribution in [0.15, 0.2) is 18.3 Å². The van der Waals surface area contributed by atoms with Crippen LogP contribution in [0.1, 0.15) is 46.4 Å². The number of rotatable bonds is 1. The van der Waals surface area contributed by atoms with Crippen molar-refractivity contribution in [3.05, 3.63) is 30.0 Å². The summed E-state index contributed by atoms with van der Waals surface area (Å²) in [6.07, 6.45) is 2.52. The van der Waals surface area contributed by atoms with Gasteiger partial charge in [0.15, 0.2) is 11.5 Å². The number of amides is 1. The highest BCUT2D eigenvalue weighted by atomic mass is 19.1. The Morgan fingerprint density at radius 2 is 2.09 bits per heavy atom. The number of ether oxygens (including phenoxy) is 1. The molecule has 2 aromatic rings.